The van der Waals surface area contributed by atoms with Gasteiger partial charge in [0.05, 0.1) is 34.2 Å². The first-order valence-corrected chi connectivity index (χ1v) is 43.0. The van der Waals surface area contributed by atoms with E-state index in [1.165, 1.54) is 12.8 Å². The van der Waals surface area contributed by atoms with Gasteiger partial charge in [0, 0.05) is 61.9 Å². The summed E-state index contributed by atoms with van der Waals surface area (Å²) in [5.41, 5.74) is 10.1. The summed E-state index contributed by atoms with van der Waals surface area (Å²) in [5.74, 6) is 0. The topological polar surface area (TPSA) is 190 Å². The van der Waals surface area contributed by atoms with Gasteiger partial charge < -0.3 is 76.7 Å². The number of hydrogen-bond acceptors (Lipinski definition) is 9. The summed E-state index contributed by atoms with van der Waals surface area (Å²) >= 11 is 0. The van der Waals surface area contributed by atoms with Crippen LogP contribution in [0.3, 0.4) is 0 Å². The molecule has 7 rings (SSSR count). The second-order valence-corrected chi connectivity index (χ2v) is 47.2. The first kappa shape index (κ1) is 97.0. The molecule has 0 amide bonds. The van der Waals surface area contributed by atoms with E-state index in [4.69, 9.17) is 33.5 Å². The summed E-state index contributed by atoms with van der Waals surface area (Å²) in [7, 11) is -4.42. The molecule has 25 heteroatoms. The van der Waals surface area contributed by atoms with E-state index < -0.39 is 32.9 Å². The Labute approximate surface area is 596 Å². The van der Waals surface area contributed by atoms with Crippen molar-refractivity contribution in [3.8, 4) is 45.6 Å². The Morgan fingerprint density at radius 1 is 0.414 bits per heavy atom. The molecule has 0 spiro atoms. The van der Waals surface area contributed by atoms with Crippen molar-refractivity contribution in [3.05, 3.63) is 92.7 Å². The number of pyridine rings is 2. The molecule has 0 aliphatic carbocycles. The van der Waals surface area contributed by atoms with Gasteiger partial charge in [-0.05, 0) is 75.6 Å². The summed E-state index contributed by atoms with van der Waals surface area (Å²) < 4.78 is 24.2. The molecule has 6 aromatic heterocycles. The van der Waals surface area contributed by atoms with Crippen LogP contribution in [-0.4, -0.2) is 103 Å². The van der Waals surface area contributed by atoms with Crippen LogP contribution in [0.5, 0.6) is 0 Å². The summed E-state index contributed by atoms with van der Waals surface area (Å²) in [6.45, 7) is 66.4. The molecule has 1 saturated heterocycles. The second kappa shape index (κ2) is 44.5. The van der Waals surface area contributed by atoms with Crippen LogP contribution < -0.4 is 89.4 Å². The molecular weight excluding hydrogens is 1250 g/mol. The minimum atomic E-state index is -1.11. The molecule has 480 valence electrons. The number of aromatic nitrogens is 10. The van der Waals surface area contributed by atoms with Crippen molar-refractivity contribution in [1.29, 1.82) is 0 Å². The molecule has 0 bridgehead atoms. The van der Waals surface area contributed by atoms with E-state index in [9.17, 15) is 0 Å². The van der Waals surface area contributed by atoms with Gasteiger partial charge in [0.2, 0.25) is 0 Å². The molecule has 0 aromatic carbocycles. The van der Waals surface area contributed by atoms with E-state index >= 15 is 0 Å². The fourth-order valence-electron chi connectivity index (χ4n) is 7.52. The first-order chi connectivity index (χ1) is 37.0. The van der Waals surface area contributed by atoms with Crippen LogP contribution in [0.2, 0.25) is 78.6 Å². The van der Waals surface area contributed by atoms with E-state index in [1.807, 2.05) is 88.4 Å². The molecule has 1 fully saturated rings. The Kier molecular flexibility index (Phi) is 49.6. The molecule has 1 aliphatic rings. The summed E-state index contributed by atoms with van der Waals surface area (Å²) in [6.07, 6.45) is 2.56. The van der Waals surface area contributed by atoms with Gasteiger partial charge in [-0.1, -0.05) is 242 Å². The third kappa shape index (κ3) is 43.4. The predicted molar refractivity (Wildman–Crippen MR) is 354 cm³/mol. The maximum Gasteiger partial charge on any atom is 2.00 e. The van der Waals surface area contributed by atoms with Gasteiger partial charge in [-0.2, -0.15) is 0 Å². The third-order valence-electron chi connectivity index (χ3n) is 10.8. The third-order valence-corrected chi connectivity index (χ3v) is 21.5. The molecule has 0 saturated carbocycles. The van der Waals surface area contributed by atoms with Gasteiger partial charge in [0.1, 0.15) is 0 Å². The van der Waals surface area contributed by atoms with Gasteiger partial charge in [0.25, 0.3) is 0 Å². The smallest absolute Gasteiger partial charge is 1.00 e. The maximum absolute atomic E-state index is 4.94. The van der Waals surface area contributed by atoms with Crippen LogP contribution in [-0.2, 0) is 69.4 Å². The van der Waals surface area contributed by atoms with E-state index in [0.717, 1.165) is 108 Å². The molecule has 15 nitrogen and oxygen atoms in total. The molecule has 6 aromatic rings. The van der Waals surface area contributed by atoms with E-state index in [-0.39, 0.29) is 124 Å². The molecule has 0 N–H and O–H groups in total. The van der Waals surface area contributed by atoms with Crippen molar-refractivity contribution >= 4 is 32.9 Å². The van der Waals surface area contributed by atoms with E-state index in [1.54, 1.807) is 0 Å². The van der Waals surface area contributed by atoms with Crippen LogP contribution in [0.25, 0.3) is 54.8 Å². The van der Waals surface area contributed by atoms with Crippen molar-refractivity contribution in [2.24, 2.45) is 0 Å². The first-order valence-electron chi connectivity index (χ1n) is 29.2. The van der Waals surface area contributed by atoms with Gasteiger partial charge in [-0.3, -0.25) is 4.98 Å². The molecular formula is C62H110ClCo2Li3N12O3Si4. The summed E-state index contributed by atoms with van der Waals surface area (Å²) in [5, 5.41) is 34.3. The standard InChI is InChI=1S/2C19H23N5.2C6H18NSi2.C4H8O.2C4H10O.ClH.2Co.3Li/c2*1-18(2,3)16-10-14(21-23-16)12-8-7-9-13(20-12)15-11-17(24-22-15)19(4,5)6;2*1-8(2,3)7-9(4,5)6;1-2-4-5-3-1;2*1-3-5-4-2;;;;;;/h2*7-11H,1-6H3;2*1-6H3;1-4H2;2*3-4H2,1-2H3;1H;;;;;/q2*-2;2*-1;;;;;2*+2;3*+1/p-1. The predicted octanol–water partition coefficient (Wildman–Crippen LogP) is 4.38. The molecule has 0 unspecified atom stereocenters. The molecule has 0 atom stereocenters. The van der Waals surface area contributed by atoms with Crippen molar-refractivity contribution in [2.45, 2.75) is 224 Å². The Morgan fingerprint density at radius 3 is 0.874 bits per heavy atom. The van der Waals surface area contributed by atoms with Gasteiger partial charge in [-0.25, -0.2) is 4.98 Å². The Balaban J connectivity index is -0.000000241. The maximum atomic E-state index is 4.94. The number of nitrogens with zero attached hydrogens (tertiary/aromatic N) is 12. The van der Waals surface area contributed by atoms with Gasteiger partial charge in [0.15, 0.2) is 0 Å². The normalized spacial score (nSPS) is 12.2. The van der Waals surface area contributed by atoms with Crippen molar-refractivity contribution < 1.29 is 117 Å². The van der Waals surface area contributed by atoms with Crippen molar-refractivity contribution in [3.63, 3.8) is 0 Å². The zero-order chi connectivity index (χ0) is 62.3. The fourth-order valence-corrected chi connectivity index (χ4v) is 23.6. The Bertz CT molecular complexity index is 2330. The molecule has 1 aliphatic heterocycles. The quantitative estimate of drug-likeness (QED) is 0.157. The van der Waals surface area contributed by atoms with Crippen LogP contribution in [0.15, 0.2) is 60.7 Å². The zero-order valence-electron chi connectivity index (χ0n) is 60.1. The van der Waals surface area contributed by atoms with Gasteiger partial charge >= 0.3 is 90.1 Å². The molecule has 7 heterocycles. The molecule has 2 radical (unpaired) electrons. The number of hydrogen-bond donors (Lipinski definition) is 0. The van der Waals surface area contributed by atoms with Crippen LogP contribution in [0.4, 0.5) is 0 Å². The summed E-state index contributed by atoms with van der Waals surface area (Å²) in [6, 6.07) is 19.7. The molecule has 87 heavy (non-hydrogen) atoms. The monoisotopic (exact) mass is 1360 g/mol. The fraction of sp³-hybridized carbons (Fsp3) is 0.645. The van der Waals surface area contributed by atoms with E-state index in [0.29, 0.717) is 0 Å². The number of halogens is 1. The largest absolute Gasteiger partial charge is 2.00 e. The minimum Gasteiger partial charge on any atom is -1.00 e. The average molecular weight is 1360 g/mol. The number of rotatable bonds is 12. The second-order valence-electron chi connectivity index (χ2n) is 28.1. The van der Waals surface area contributed by atoms with Gasteiger partial charge in [-0.15, -0.1) is 11.4 Å². The Hall–Kier alpha value is -1.10. The SMILES string of the molecule is C1CCOC1.CC(C)(C)c1cc(-c2cccc(-c3cc(C(C)(C)C)[n-]n3)n2)n[n-]1.CC(C)(C)c1cc(-c2cccc(-c3cc(C(C)(C)C)n[n-]3)n2)[n-]n1.CCOCC.CCOCC.C[Si](C)(C)[N-][Si](C)(C)C.C[Si](C)(C)[N-][Si](C)(C)C.[Cl-].[Co+2].[Co+2].[Li+].[Li+].[Li+]. The summed E-state index contributed by atoms with van der Waals surface area (Å²) in [4.78, 5) is 9.40. The van der Waals surface area contributed by atoms with E-state index in [2.05, 4.69) is 202 Å². The van der Waals surface area contributed by atoms with Crippen molar-refractivity contribution in [1.82, 2.24) is 50.8 Å². The zero-order valence-corrected chi connectivity index (χ0v) is 66.9. The van der Waals surface area contributed by atoms with Crippen molar-refractivity contribution in [2.75, 3.05) is 39.6 Å². The van der Waals surface area contributed by atoms with Crippen LogP contribution >= 0.6 is 0 Å². The number of ether oxygens (including phenoxy) is 3. The minimum absolute atomic E-state index is 0. The van der Waals surface area contributed by atoms with Crippen LogP contribution in [0.1, 0.15) is 146 Å². The average Bonchev–Trinajstić information content (AvgIpc) is 4.18. The van der Waals surface area contributed by atoms with Crippen LogP contribution in [0, 0.1) is 0 Å². The Morgan fingerprint density at radius 2 is 0.690 bits per heavy atom.